The van der Waals surface area contributed by atoms with E-state index in [1.807, 2.05) is 30.3 Å². The minimum Gasteiger partial charge on any atom is -0.366 e. The number of amides is 1. The highest BCUT2D eigenvalue weighted by atomic mass is 32.2. The second-order valence-corrected chi connectivity index (χ2v) is 7.45. The van der Waals surface area contributed by atoms with Crippen LogP contribution in [0.3, 0.4) is 0 Å². The van der Waals surface area contributed by atoms with Crippen molar-refractivity contribution in [1.82, 2.24) is 10.3 Å². The smallest absolute Gasteiger partial charge is 0.253 e. The molecule has 1 atom stereocenters. The third kappa shape index (κ3) is 3.00. The molecule has 21 heavy (non-hydrogen) atoms. The van der Waals surface area contributed by atoms with Gasteiger partial charge in [-0.1, -0.05) is 30.3 Å². The van der Waals surface area contributed by atoms with Crippen LogP contribution < -0.4 is 5.32 Å². The predicted molar refractivity (Wildman–Crippen MR) is 80.8 cm³/mol. The number of sulfone groups is 1. The van der Waals surface area contributed by atoms with Gasteiger partial charge < -0.3 is 10.3 Å². The summed E-state index contributed by atoms with van der Waals surface area (Å²) in [5.74, 6) is -0.0577. The zero-order valence-corrected chi connectivity index (χ0v) is 12.2. The van der Waals surface area contributed by atoms with Crippen molar-refractivity contribution in [3.8, 4) is 11.1 Å². The molecular weight excluding hydrogens is 288 g/mol. The number of H-pyrrole nitrogens is 1. The Hall–Kier alpha value is -2.08. The van der Waals surface area contributed by atoms with E-state index in [0.717, 1.165) is 11.1 Å². The Labute approximate surface area is 123 Å². The first kappa shape index (κ1) is 13.9. The van der Waals surface area contributed by atoms with Gasteiger partial charge in [-0.2, -0.15) is 0 Å². The lowest BCUT2D eigenvalue weighted by Gasteiger charge is -2.11. The van der Waals surface area contributed by atoms with E-state index in [4.69, 9.17) is 0 Å². The summed E-state index contributed by atoms with van der Waals surface area (Å²) in [6.07, 6.45) is 3.90. The van der Waals surface area contributed by atoms with Crippen molar-refractivity contribution in [2.45, 2.75) is 12.5 Å². The number of nitrogens with one attached hydrogen (secondary N) is 2. The first-order valence-corrected chi connectivity index (χ1v) is 8.61. The maximum absolute atomic E-state index is 12.3. The van der Waals surface area contributed by atoms with Crippen molar-refractivity contribution >= 4 is 15.7 Å². The third-order valence-corrected chi connectivity index (χ3v) is 5.41. The van der Waals surface area contributed by atoms with Crippen LogP contribution in [0, 0.1) is 0 Å². The molecule has 3 rings (SSSR count). The van der Waals surface area contributed by atoms with Gasteiger partial charge in [0.1, 0.15) is 0 Å². The number of aromatic amines is 1. The fourth-order valence-corrected chi connectivity index (χ4v) is 4.25. The second kappa shape index (κ2) is 5.37. The van der Waals surface area contributed by atoms with Gasteiger partial charge in [0.2, 0.25) is 0 Å². The molecule has 0 spiro atoms. The third-order valence-electron chi connectivity index (χ3n) is 3.64. The van der Waals surface area contributed by atoms with Crippen LogP contribution in [0.2, 0.25) is 0 Å². The molecule has 6 heteroatoms. The van der Waals surface area contributed by atoms with Crippen LogP contribution in [0.1, 0.15) is 16.8 Å². The van der Waals surface area contributed by atoms with Crippen LogP contribution in [0.15, 0.2) is 42.7 Å². The van der Waals surface area contributed by atoms with Crippen molar-refractivity contribution in [3.63, 3.8) is 0 Å². The fraction of sp³-hybridized carbons (Fsp3) is 0.267. The lowest BCUT2D eigenvalue weighted by Crippen LogP contribution is -2.35. The second-order valence-electron chi connectivity index (χ2n) is 5.22. The normalized spacial score (nSPS) is 20.3. The van der Waals surface area contributed by atoms with Crippen LogP contribution in [0.5, 0.6) is 0 Å². The van der Waals surface area contributed by atoms with Crippen molar-refractivity contribution in [1.29, 1.82) is 0 Å². The maximum atomic E-state index is 12.3. The molecule has 1 aromatic heterocycles. The lowest BCUT2D eigenvalue weighted by atomic mass is 10.0. The molecule has 110 valence electrons. The number of hydrogen-bond donors (Lipinski definition) is 2. The molecule has 0 bridgehead atoms. The number of carbonyl (C=O) groups excluding carboxylic acids is 1. The highest BCUT2D eigenvalue weighted by molar-refractivity contribution is 7.91. The minimum absolute atomic E-state index is 0.0316. The first-order valence-electron chi connectivity index (χ1n) is 6.79. The predicted octanol–water partition coefficient (Wildman–Crippen LogP) is 1.60. The summed E-state index contributed by atoms with van der Waals surface area (Å²) in [4.78, 5) is 15.3. The minimum atomic E-state index is -2.99. The van der Waals surface area contributed by atoms with Crippen LogP contribution in [-0.2, 0) is 9.84 Å². The number of carbonyl (C=O) groups is 1. The highest BCUT2D eigenvalue weighted by Crippen LogP contribution is 2.23. The van der Waals surface area contributed by atoms with Crippen molar-refractivity contribution in [2.24, 2.45) is 0 Å². The summed E-state index contributed by atoms with van der Waals surface area (Å²) in [7, 11) is -2.99. The van der Waals surface area contributed by atoms with Crippen LogP contribution >= 0.6 is 0 Å². The number of rotatable bonds is 3. The molecular formula is C15H16N2O3S. The summed E-state index contributed by atoms with van der Waals surface area (Å²) < 4.78 is 22.9. The zero-order chi connectivity index (χ0) is 14.9. The maximum Gasteiger partial charge on any atom is 0.253 e. The van der Waals surface area contributed by atoms with Crippen molar-refractivity contribution in [3.05, 3.63) is 48.3 Å². The van der Waals surface area contributed by atoms with E-state index in [0.29, 0.717) is 12.0 Å². The Morgan fingerprint density at radius 1 is 1.19 bits per heavy atom. The summed E-state index contributed by atoms with van der Waals surface area (Å²) in [6, 6.07) is 9.31. The molecule has 0 unspecified atom stereocenters. The average Bonchev–Trinajstić information content (AvgIpc) is 3.06. The highest BCUT2D eigenvalue weighted by Gasteiger charge is 2.29. The standard InChI is InChI=1S/C15H16N2O3S/c18-15(17-12-6-7-21(19,20)10-12)14-9-16-8-13(14)11-4-2-1-3-5-11/h1-5,8-9,12,16H,6-7,10H2,(H,17,18)/t12-/m0/s1. The van der Waals surface area contributed by atoms with Gasteiger partial charge >= 0.3 is 0 Å². The summed E-state index contributed by atoms with van der Waals surface area (Å²) in [5.41, 5.74) is 2.29. The molecule has 1 aromatic carbocycles. The van der Waals surface area contributed by atoms with Crippen LogP contribution in [-0.4, -0.2) is 36.9 Å². The van der Waals surface area contributed by atoms with Crippen LogP contribution in [0.25, 0.3) is 11.1 Å². The molecule has 0 aliphatic carbocycles. The van der Waals surface area contributed by atoms with E-state index in [1.54, 1.807) is 12.4 Å². The lowest BCUT2D eigenvalue weighted by molar-refractivity contribution is 0.0942. The molecule has 1 amide bonds. The molecule has 2 aromatic rings. The van der Waals surface area contributed by atoms with Gasteiger partial charge in [0.25, 0.3) is 5.91 Å². The van der Waals surface area contributed by atoms with Crippen molar-refractivity contribution < 1.29 is 13.2 Å². The number of benzene rings is 1. The van der Waals surface area contributed by atoms with E-state index < -0.39 is 9.84 Å². The van der Waals surface area contributed by atoms with Crippen LogP contribution in [0.4, 0.5) is 0 Å². The molecule has 5 nitrogen and oxygen atoms in total. The Balaban J connectivity index is 1.79. The Kier molecular flexibility index (Phi) is 3.55. The topological polar surface area (TPSA) is 79.0 Å². The van der Waals surface area contributed by atoms with E-state index in [2.05, 4.69) is 10.3 Å². The van der Waals surface area contributed by atoms with E-state index in [-0.39, 0.29) is 23.5 Å². The van der Waals surface area contributed by atoms with Gasteiger partial charge in [-0.25, -0.2) is 8.42 Å². The van der Waals surface area contributed by atoms with Gasteiger partial charge in [0.05, 0.1) is 17.1 Å². The van der Waals surface area contributed by atoms with Gasteiger partial charge in [0.15, 0.2) is 9.84 Å². The largest absolute Gasteiger partial charge is 0.366 e. The monoisotopic (exact) mass is 304 g/mol. The zero-order valence-electron chi connectivity index (χ0n) is 11.4. The summed E-state index contributed by atoms with van der Waals surface area (Å²) in [6.45, 7) is 0. The Bertz CT molecular complexity index is 750. The molecule has 1 aliphatic heterocycles. The average molecular weight is 304 g/mol. The summed E-state index contributed by atoms with van der Waals surface area (Å²) >= 11 is 0. The Morgan fingerprint density at radius 2 is 1.95 bits per heavy atom. The SMILES string of the molecule is O=C(N[C@H]1CCS(=O)(=O)C1)c1c[nH]cc1-c1ccccc1. The van der Waals surface area contributed by atoms with Crippen molar-refractivity contribution in [2.75, 3.05) is 11.5 Å². The van der Waals surface area contributed by atoms with Gasteiger partial charge in [-0.05, 0) is 12.0 Å². The van der Waals surface area contributed by atoms with E-state index >= 15 is 0 Å². The van der Waals surface area contributed by atoms with Gasteiger partial charge in [0, 0.05) is 24.0 Å². The molecule has 1 fully saturated rings. The summed E-state index contributed by atoms with van der Waals surface area (Å²) in [5, 5.41) is 2.81. The van der Waals surface area contributed by atoms with Gasteiger partial charge in [-0.3, -0.25) is 4.79 Å². The molecule has 2 N–H and O–H groups in total. The molecule has 1 saturated heterocycles. The molecule has 1 aliphatic rings. The number of aromatic nitrogens is 1. The molecule has 0 saturated carbocycles. The van der Waals surface area contributed by atoms with E-state index in [9.17, 15) is 13.2 Å². The fourth-order valence-electron chi connectivity index (χ4n) is 2.58. The number of hydrogen-bond acceptors (Lipinski definition) is 3. The molecule has 0 radical (unpaired) electrons. The molecule has 2 heterocycles. The first-order chi connectivity index (χ1) is 10.1. The van der Waals surface area contributed by atoms with Gasteiger partial charge in [-0.15, -0.1) is 0 Å². The Morgan fingerprint density at radius 3 is 2.62 bits per heavy atom. The van der Waals surface area contributed by atoms with E-state index in [1.165, 1.54) is 0 Å². The quantitative estimate of drug-likeness (QED) is 0.904.